The van der Waals surface area contributed by atoms with Gasteiger partial charge in [0.05, 0.1) is 16.8 Å². The van der Waals surface area contributed by atoms with Gasteiger partial charge in [0.15, 0.2) is 0 Å². The van der Waals surface area contributed by atoms with Crippen LogP contribution in [0.4, 0.5) is 8.78 Å². The van der Waals surface area contributed by atoms with Crippen molar-refractivity contribution in [2.24, 2.45) is 7.05 Å². The third-order valence-corrected chi connectivity index (χ3v) is 3.57. The first-order valence-corrected chi connectivity index (χ1v) is 7.55. The monoisotopic (exact) mass is 337 g/mol. The molecule has 130 valence electrons. The summed E-state index contributed by atoms with van der Waals surface area (Å²) in [5.41, 5.74) is 0.171. The quantitative estimate of drug-likeness (QED) is 0.901. The Kier molecular flexibility index (Phi) is 5.03. The van der Waals surface area contributed by atoms with Gasteiger partial charge in [-0.2, -0.15) is 5.10 Å². The average molecular weight is 337 g/mol. The number of nitrogens with one attached hydrogen (secondary N) is 1. The predicted octanol–water partition coefficient (Wildman–Crippen LogP) is 2.46. The number of aryl methyl sites for hydroxylation is 1. The molecule has 0 aliphatic carbocycles. The van der Waals surface area contributed by atoms with Gasteiger partial charge in [0, 0.05) is 25.2 Å². The number of carbonyl (C=O) groups excluding carboxylic acids is 1. The van der Waals surface area contributed by atoms with E-state index in [0.717, 1.165) is 12.1 Å². The van der Waals surface area contributed by atoms with E-state index >= 15 is 0 Å². The maximum Gasteiger partial charge on any atom is 0.254 e. The number of aromatic nitrogens is 2. The molecule has 0 aliphatic rings. The van der Waals surface area contributed by atoms with Crippen molar-refractivity contribution >= 4 is 5.91 Å². The van der Waals surface area contributed by atoms with Gasteiger partial charge < -0.3 is 10.4 Å². The van der Waals surface area contributed by atoms with E-state index in [4.69, 9.17) is 0 Å². The van der Waals surface area contributed by atoms with E-state index in [-0.39, 0.29) is 12.0 Å². The van der Waals surface area contributed by atoms with Crippen LogP contribution in [0.3, 0.4) is 0 Å². The van der Waals surface area contributed by atoms with E-state index in [9.17, 15) is 18.7 Å². The summed E-state index contributed by atoms with van der Waals surface area (Å²) in [6, 6.07) is 3.33. The summed E-state index contributed by atoms with van der Waals surface area (Å²) in [5.74, 6) is -2.16. The molecule has 1 unspecified atom stereocenters. The summed E-state index contributed by atoms with van der Waals surface area (Å²) in [6.45, 7) is 5.47. The fraction of sp³-hybridized carbons (Fsp3) is 0.412. The molecule has 0 aliphatic heterocycles. The van der Waals surface area contributed by atoms with Crippen molar-refractivity contribution in [1.82, 2.24) is 15.1 Å². The van der Waals surface area contributed by atoms with Crippen LogP contribution >= 0.6 is 0 Å². The van der Waals surface area contributed by atoms with Crippen LogP contribution in [0.2, 0.25) is 0 Å². The zero-order valence-corrected chi connectivity index (χ0v) is 14.1. The fourth-order valence-electron chi connectivity index (χ4n) is 2.42. The number of rotatable bonds is 4. The molecule has 7 heteroatoms. The lowest BCUT2D eigenvalue weighted by Crippen LogP contribution is -2.30. The van der Waals surface area contributed by atoms with E-state index in [2.05, 4.69) is 10.4 Å². The SMILES string of the molecule is Cn1cc(C(=O)NCC(O)c2c(F)cccc2F)c(C(C)(C)C)n1. The van der Waals surface area contributed by atoms with Gasteiger partial charge in [0.1, 0.15) is 17.7 Å². The number of amides is 1. The first-order valence-electron chi connectivity index (χ1n) is 7.55. The Labute approximate surface area is 139 Å². The van der Waals surface area contributed by atoms with E-state index in [1.54, 1.807) is 13.2 Å². The second kappa shape index (κ2) is 6.68. The van der Waals surface area contributed by atoms with Crippen LogP contribution < -0.4 is 5.32 Å². The van der Waals surface area contributed by atoms with Gasteiger partial charge in [0.25, 0.3) is 5.91 Å². The van der Waals surface area contributed by atoms with Crippen molar-refractivity contribution in [3.8, 4) is 0 Å². The molecule has 0 saturated carbocycles. The third kappa shape index (κ3) is 3.79. The van der Waals surface area contributed by atoms with Crippen molar-refractivity contribution in [1.29, 1.82) is 0 Å². The number of carbonyl (C=O) groups is 1. The zero-order valence-electron chi connectivity index (χ0n) is 14.1. The Morgan fingerprint density at radius 1 is 1.33 bits per heavy atom. The molecule has 1 heterocycles. The number of halogens is 2. The maximum atomic E-state index is 13.6. The number of benzene rings is 1. The van der Waals surface area contributed by atoms with E-state index in [1.165, 1.54) is 10.7 Å². The van der Waals surface area contributed by atoms with Crippen LogP contribution in [-0.4, -0.2) is 27.3 Å². The highest BCUT2D eigenvalue weighted by molar-refractivity contribution is 5.95. The molecule has 1 atom stereocenters. The average Bonchev–Trinajstić information content (AvgIpc) is 2.87. The van der Waals surface area contributed by atoms with E-state index < -0.39 is 29.2 Å². The van der Waals surface area contributed by atoms with Crippen LogP contribution in [0.5, 0.6) is 0 Å². The number of hydrogen-bond acceptors (Lipinski definition) is 3. The molecule has 0 saturated heterocycles. The van der Waals surface area contributed by atoms with E-state index in [0.29, 0.717) is 11.3 Å². The molecule has 2 rings (SSSR count). The molecule has 1 aromatic heterocycles. The molecular weight excluding hydrogens is 316 g/mol. The summed E-state index contributed by atoms with van der Waals surface area (Å²) in [7, 11) is 1.70. The molecule has 2 aromatic rings. The minimum Gasteiger partial charge on any atom is -0.386 e. The molecule has 0 radical (unpaired) electrons. The predicted molar refractivity (Wildman–Crippen MR) is 85.6 cm³/mol. The smallest absolute Gasteiger partial charge is 0.254 e. The molecule has 0 spiro atoms. The van der Waals surface area contributed by atoms with Crippen LogP contribution in [-0.2, 0) is 12.5 Å². The normalized spacial score (nSPS) is 13.0. The van der Waals surface area contributed by atoms with Crippen LogP contribution in [0.25, 0.3) is 0 Å². The van der Waals surface area contributed by atoms with Crippen molar-refractivity contribution in [2.75, 3.05) is 6.54 Å². The van der Waals surface area contributed by atoms with Crippen molar-refractivity contribution in [3.63, 3.8) is 0 Å². The zero-order chi connectivity index (χ0) is 18.1. The summed E-state index contributed by atoms with van der Waals surface area (Å²) >= 11 is 0. The summed E-state index contributed by atoms with van der Waals surface area (Å²) in [5, 5.41) is 16.8. The number of hydrogen-bond donors (Lipinski definition) is 2. The topological polar surface area (TPSA) is 67.2 Å². The highest BCUT2D eigenvalue weighted by Gasteiger charge is 2.26. The first-order chi connectivity index (χ1) is 11.1. The number of aliphatic hydroxyl groups is 1. The molecule has 24 heavy (non-hydrogen) atoms. The Bertz CT molecular complexity index is 731. The third-order valence-electron chi connectivity index (χ3n) is 3.57. The van der Waals surface area contributed by atoms with Gasteiger partial charge in [-0.3, -0.25) is 9.48 Å². The van der Waals surface area contributed by atoms with Gasteiger partial charge in [-0.25, -0.2) is 8.78 Å². The second-order valence-corrected chi connectivity index (χ2v) is 6.68. The first kappa shape index (κ1) is 18.1. The van der Waals surface area contributed by atoms with Crippen LogP contribution in [0, 0.1) is 11.6 Å². The largest absolute Gasteiger partial charge is 0.386 e. The van der Waals surface area contributed by atoms with Gasteiger partial charge in [-0.1, -0.05) is 26.8 Å². The minimum atomic E-state index is -1.48. The number of nitrogens with zero attached hydrogens (tertiary/aromatic N) is 2. The van der Waals surface area contributed by atoms with Gasteiger partial charge in [-0.15, -0.1) is 0 Å². The molecule has 2 N–H and O–H groups in total. The number of aliphatic hydroxyl groups excluding tert-OH is 1. The Morgan fingerprint density at radius 3 is 2.46 bits per heavy atom. The molecular formula is C17H21F2N3O2. The summed E-state index contributed by atoms with van der Waals surface area (Å²) < 4.78 is 28.8. The van der Waals surface area contributed by atoms with Gasteiger partial charge in [-0.05, 0) is 12.1 Å². The van der Waals surface area contributed by atoms with Crippen LogP contribution in [0.15, 0.2) is 24.4 Å². The minimum absolute atomic E-state index is 0.310. The lowest BCUT2D eigenvalue weighted by atomic mass is 9.89. The molecule has 0 bridgehead atoms. The van der Waals surface area contributed by atoms with Crippen LogP contribution in [0.1, 0.15) is 48.5 Å². The highest BCUT2D eigenvalue weighted by Crippen LogP contribution is 2.24. The molecule has 0 fully saturated rings. The molecule has 5 nitrogen and oxygen atoms in total. The lowest BCUT2D eigenvalue weighted by molar-refractivity contribution is 0.0909. The Balaban J connectivity index is 2.14. The standard InChI is InChI=1S/C17H21F2N3O2/c1-17(2,3)15-10(9-22(4)21-15)16(24)20-8-13(23)14-11(18)6-5-7-12(14)19/h5-7,9,13,23H,8H2,1-4H3,(H,20,24). The second-order valence-electron chi connectivity index (χ2n) is 6.68. The van der Waals surface area contributed by atoms with Gasteiger partial charge >= 0.3 is 0 Å². The molecule has 1 amide bonds. The Morgan fingerprint density at radius 2 is 1.92 bits per heavy atom. The summed E-state index contributed by atoms with van der Waals surface area (Å²) in [6.07, 6.45) is 0.0938. The Hall–Kier alpha value is -2.28. The summed E-state index contributed by atoms with van der Waals surface area (Å²) in [4.78, 5) is 12.4. The fourth-order valence-corrected chi connectivity index (χ4v) is 2.42. The van der Waals surface area contributed by atoms with E-state index in [1.807, 2.05) is 20.8 Å². The van der Waals surface area contributed by atoms with Crippen molar-refractivity contribution in [2.45, 2.75) is 32.3 Å². The van der Waals surface area contributed by atoms with Gasteiger partial charge in [0.2, 0.25) is 0 Å². The molecule has 1 aromatic carbocycles. The van der Waals surface area contributed by atoms with Crippen molar-refractivity contribution in [3.05, 3.63) is 52.9 Å². The maximum absolute atomic E-state index is 13.6. The van der Waals surface area contributed by atoms with Crippen molar-refractivity contribution < 1.29 is 18.7 Å². The lowest BCUT2D eigenvalue weighted by Gasteiger charge is -2.18. The highest BCUT2D eigenvalue weighted by atomic mass is 19.1.